The van der Waals surface area contributed by atoms with Crippen LogP contribution in [0.2, 0.25) is 0 Å². The van der Waals surface area contributed by atoms with Crippen molar-refractivity contribution in [1.29, 1.82) is 0 Å². The molecule has 2 heteroatoms. The SMILES string of the molecule is CC(C)C(=O)C1CCCC[N]1. The summed E-state index contributed by atoms with van der Waals surface area (Å²) in [5, 5.41) is 4.30. The number of rotatable bonds is 2. The van der Waals surface area contributed by atoms with Crippen LogP contribution in [0.25, 0.3) is 0 Å². The van der Waals surface area contributed by atoms with Gasteiger partial charge in [0.05, 0.1) is 6.04 Å². The van der Waals surface area contributed by atoms with E-state index in [1.165, 1.54) is 12.8 Å². The van der Waals surface area contributed by atoms with Crippen LogP contribution in [-0.4, -0.2) is 18.4 Å². The number of hydrogen-bond donors (Lipinski definition) is 0. The number of carbonyl (C=O) groups excluding carboxylic acids is 1. The first-order chi connectivity index (χ1) is 5.22. The number of piperidine rings is 1. The maximum Gasteiger partial charge on any atom is 0.153 e. The molecule has 1 atom stereocenters. The van der Waals surface area contributed by atoms with E-state index in [1.54, 1.807) is 0 Å². The van der Waals surface area contributed by atoms with Crippen LogP contribution in [-0.2, 0) is 4.79 Å². The van der Waals surface area contributed by atoms with Gasteiger partial charge in [-0.05, 0) is 12.8 Å². The second-order valence-electron chi connectivity index (χ2n) is 3.47. The Balaban J connectivity index is 2.39. The monoisotopic (exact) mass is 154 g/mol. The average Bonchev–Trinajstić information content (AvgIpc) is 2.05. The third-order valence-electron chi connectivity index (χ3n) is 2.13. The van der Waals surface area contributed by atoms with Crippen molar-refractivity contribution < 1.29 is 4.79 Å². The molecule has 0 bridgehead atoms. The van der Waals surface area contributed by atoms with Crippen LogP contribution in [0, 0.1) is 5.92 Å². The van der Waals surface area contributed by atoms with E-state index in [9.17, 15) is 4.79 Å². The van der Waals surface area contributed by atoms with E-state index < -0.39 is 0 Å². The maximum atomic E-state index is 11.4. The van der Waals surface area contributed by atoms with Gasteiger partial charge < -0.3 is 0 Å². The van der Waals surface area contributed by atoms with Gasteiger partial charge in [-0.1, -0.05) is 20.3 Å². The first kappa shape index (κ1) is 8.72. The predicted molar refractivity (Wildman–Crippen MR) is 44.5 cm³/mol. The van der Waals surface area contributed by atoms with Crippen LogP contribution >= 0.6 is 0 Å². The molecular formula is C9H16NO. The number of Topliss-reactive ketones (excluding diaryl/α,β-unsaturated/α-hetero) is 1. The second kappa shape index (κ2) is 3.86. The molecule has 1 aliphatic rings. The smallest absolute Gasteiger partial charge is 0.153 e. The number of nitrogens with zero attached hydrogens (tertiary/aromatic N) is 1. The van der Waals surface area contributed by atoms with Crippen LogP contribution in [0.1, 0.15) is 33.1 Å². The van der Waals surface area contributed by atoms with Crippen molar-refractivity contribution in [2.75, 3.05) is 6.54 Å². The zero-order chi connectivity index (χ0) is 8.27. The topological polar surface area (TPSA) is 31.2 Å². The number of carbonyl (C=O) groups is 1. The van der Waals surface area contributed by atoms with Crippen LogP contribution in [0.3, 0.4) is 0 Å². The minimum atomic E-state index is 0.0312. The minimum Gasteiger partial charge on any atom is -0.298 e. The van der Waals surface area contributed by atoms with E-state index in [0.29, 0.717) is 5.78 Å². The third-order valence-corrected chi connectivity index (χ3v) is 2.13. The van der Waals surface area contributed by atoms with Gasteiger partial charge in [-0.3, -0.25) is 4.79 Å². The normalized spacial score (nSPS) is 25.5. The van der Waals surface area contributed by atoms with Gasteiger partial charge in [0, 0.05) is 12.5 Å². The molecule has 0 aromatic heterocycles. The largest absolute Gasteiger partial charge is 0.298 e. The fraction of sp³-hybridized carbons (Fsp3) is 0.889. The summed E-state index contributed by atoms with van der Waals surface area (Å²) in [5.74, 6) is 0.478. The van der Waals surface area contributed by atoms with E-state index in [4.69, 9.17) is 0 Å². The van der Waals surface area contributed by atoms with Gasteiger partial charge >= 0.3 is 0 Å². The lowest BCUT2D eigenvalue weighted by Crippen LogP contribution is -2.37. The summed E-state index contributed by atoms with van der Waals surface area (Å²) in [4.78, 5) is 11.4. The molecule has 0 aliphatic carbocycles. The van der Waals surface area contributed by atoms with Crippen molar-refractivity contribution >= 4 is 5.78 Å². The summed E-state index contributed by atoms with van der Waals surface area (Å²) in [7, 11) is 0. The molecule has 1 radical (unpaired) electrons. The van der Waals surface area contributed by atoms with Crippen LogP contribution in [0.15, 0.2) is 0 Å². The van der Waals surface area contributed by atoms with E-state index in [1.807, 2.05) is 13.8 Å². The van der Waals surface area contributed by atoms with Gasteiger partial charge in [0.25, 0.3) is 0 Å². The summed E-state index contributed by atoms with van der Waals surface area (Å²) in [6.07, 6.45) is 3.32. The summed E-state index contributed by atoms with van der Waals surface area (Å²) >= 11 is 0. The highest BCUT2D eigenvalue weighted by Gasteiger charge is 2.23. The molecule has 1 unspecified atom stereocenters. The molecule has 0 spiro atoms. The molecule has 1 aliphatic heterocycles. The molecular weight excluding hydrogens is 138 g/mol. The molecule has 0 amide bonds. The van der Waals surface area contributed by atoms with E-state index in [-0.39, 0.29) is 12.0 Å². The molecule has 1 saturated heterocycles. The van der Waals surface area contributed by atoms with Gasteiger partial charge in [0.2, 0.25) is 0 Å². The lowest BCUT2D eigenvalue weighted by Gasteiger charge is -2.21. The number of hydrogen-bond acceptors (Lipinski definition) is 1. The van der Waals surface area contributed by atoms with Crippen molar-refractivity contribution in [3.05, 3.63) is 0 Å². The Morgan fingerprint density at radius 1 is 1.45 bits per heavy atom. The molecule has 11 heavy (non-hydrogen) atoms. The fourth-order valence-electron chi connectivity index (χ4n) is 1.40. The lowest BCUT2D eigenvalue weighted by molar-refractivity contribution is -0.124. The van der Waals surface area contributed by atoms with Crippen molar-refractivity contribution in [3.8, 4) is 0 Å². The number of ketones is 1. The van der Waals surface area contributed by atoms with Gasteiger partial charge in [0.15, 0.2) is 5.78 Å². The van der Waals surface area contributed by atoms with Crippen molar-refractivity contribution in [3.63, 3.8) is 0 Å². The van der Waals surface area contributed by atoms with Crippen LogP contribution in [0.4, 0.5) is 0 Å². The highest BCUT2D eigenvalue weighted by atomic mass is 16.1. The van der Waals surface area contributed by atoms with Crippen LogP contribution in [0.5, 0.6) is 0 Å². The Hall–Kier alpha value is -0.370. The zero-order valence-corrected chi connectivity index (χ0v) is 7.34. The lowest BCUT2D eigenvalue weighted by atomic mass is 9.95. The predicted octanol–water partition coefficient (Wildman–Crippen LogP) is 1.37. The Morgan fingerprint density at radius 3 is 2.64 bits per heavy atom. The molecule has 2 nitrogen and oxygen atoms in total. The fourth-order valence-corrected chi connectivity index (χ4v) is 1.40. The first-order valence-corrected chi connectivity index (χ1v) is 4.42. The van der Waals surface area contributed by atoms with Crippen LogP contribution < -0.4 is 5.32 Å². The van der Waals surface area contributed by atoms with E-state index in [2.05, 4.69) is 5.32 Å². The molecule has 1 heterocycles. The molecule has 0 aromatic rings. The summed E-state index contributed by atoms with van der Waals surface area (Å²) in [6, 6.07) is 0.0312. The molecule has 1 fully saturated rings. The Kier molecular flexibility index (Phi) is 3.06. The molecule has 1 rings (SSSR count). The molecule has 63 valence electrons. The molecule has 0 N–H and O–H groups in total. The van der Waals surface area contributed by atoms with Gasteiger partial charge in [-0.15, -0.1) is 0 Å². The third kappa shape index (κ3) is 2.29. The highest BCUT2D eigenvalue weighted by molar-refractivity contribution is 5.85. The quantitative estimate of drug-likeness (QED) is 0.591. The molecule has 0 aromatic carbocycles. The Bertz CT molecular complexity index is 136. The average molecular weight is 154 g/mol. The van der Waals surface area contributed by atoms with Crippen molar-refractivity contribution in [2.24, 2.45) is 5.92 Å². The standard InChI is InChI=1S/C9H16NO/c1-7(2)9(11)8-5-3-4-6-10-8/h7-8H,3-6H2,1-2H3. The summed E-state index contributed by atoms with van der Waals surface area (Å²) < 4.78 is 0. The summed E-state index contributed by atoms with van der Waals surface area (Å²) in [6.45, 7) is 4.79. The van der Waals surface area contributed by atoms with Gasteiger partial charge in [0.1, 0.15) is 0 Å². The Labute approximate surface area is 68.4 Å². The first-order valence-electron chi connectivity index (χ1n) is 4.42. The molecule has 0 saturated carbocycles. The van der Waals surface area contributed by atoms with E-state index in [0.717, 1.165) is 13.0 Å². The highest BCUT2D eigenvalue weighted by Crippen LogP contribution is 2.12. The minimum absolute atomic E-state index is 0.0312. The Morgan fingerprint density at radius 2 is 2.18 bits per heavy atom. The van der Waals surface area contributed by atoms with E-state index >= 15 is 0 Å². The van der Waals surface area contributed by atoms with Gasteiger partial charge in [-0.25, -0.2) is 5.32 Å². The maximum absolute atomic E-state index is 11.4. The summed E-state index contributed by atoms with van der Waals surface area (Å²) in [5.41, 5.74) is 0. The van der Waals surface area contributed by atoms with Crippen molar-refractivity contribution in [2.45, 2.75) is 39.2 Å². The zero-order valence-electron chi connectivity index (χ0n) is 7.34. The second-order valence-corrected chi connectivity index (χ2v) is 3.47. The van der Waals surface area contributed by atoms with Gasteiger partial charge in [-0.2, -0.15) is 0 Å². The van der Waals surface area contributed by atoms with Crippen molar-refractivity contribution in [1.82, 2.24) is 5.32 Å².